The quantitative estimate of drug-likeness (QED) is 0.726. The van der Waals surface area contributed by atoms with Crippen molar-refractivity contribution in [3.8, 4) is 0 Å². The van der Waals surface area contributed by atoms with Gasteiger partial charge in [0.15, 0.2) is 5.82 Å². The van der Waals surface area contributed by atoms with Crippen molar-refractivity contribution in [3.63, 3.8) is 0 Å². The third kappa shape index (κ3) is 4.81. The first-order valence-corrected chi connectivity index (χ1v) is 9.39. The maximum absolute atomic E-state index is 12.1. The molecule has 0 saturated heterocycles. The van der Waals surface area contributed by atoms with Crippen LogP contribution in [-0.4, -0.2) is 21.9 Å². The number of benzene rings is 1. The number of carbonyl (C=O) groups is 1. The fourth-order valence-corrected chi connectivity index (χ4v) is 3.70. The highest BCUT2D eigenvalue weighted by molar-refractivity contribution is 6.36. The van der Waals surface area contributed by atoms with E-state index in [1.54, 1.807) is 29.1 Å². The monoisotopic (exact) mass is 400 g/mol. The third-order valence-corrected chi connectivity index (χ3v) is 5.26. The molecule has 0 bridgehead atoms. The minimum absolute atomic E-state index is 0.219. The molecule has 2 N–H and O–H groups in total. The normalized spacial score (nSPS) is 15.2. The zero-order valence-corrected chi connectivity index (χ0v) is 15.8. The standard InChI is InChI=1S/C17H19Cl3N4O/c18-13-7-4-8-14(19)12(13)9-24-10-15(20)16(23-24)22-17(25)21-11-5-2-1-3-6-11/h4,7-8,10-11H,1-3,5-6,9H2,(H2,21,22,23,25). The van der Waals surface area contributed by atoms with E-state index in [1.165, 1.54) is 6.42 Å². The van der Waals surface area contributed by atoms with Crippen LogP contribution in [0.5, 0.6) is 0 Å². The van der Waals surface area contributed by atoms with E-state index in [4.69, 9.17) is 34.8 Å². The Kier molecular flexibility index (Phi) is 6.10. The zero-order chi connectivity index (χ0) is 17.8. The molecule has 0 unspecified atom stereocenters. The van der Waals surface area contributed by atoms with Crippen LogP contribution in [0.2, 0.25) is 15.1 Å². The van der Waals surface area contributed by atoms with Gasteiger partial charge >= 0.3 is 6.03 Å². The number of hydrogen-bond acceptors (Lipinski definition) is 2. The van der Waals surface area contributed by atoms with Crippen molar-refractivity contribution in [1.82, 2.24) is 15.1 Å². The Labute approximate surface area is 161 Å². The lowest BCUT2D eigenvalue weighted by atomic mass is 9.96. The van der Waals surface area contributed by atoms with Crippen LogP contribution in [0.4, 0.5) is 10.6 Å². The summed E-state index contributed by atoms with van der Waals surface area (Å²) in [6.45, 7) is 0.365. The molecule has 1 fully saturated rings. The summed E-state index contributed by atoms with van der Waals surface area (Å²) in [5.41, 5.74) is 0.753. The number of urea groups is 1. The van der Waals surface area contributed by atoms with Gasteiger partial charge in [0.25, 0.3) is 0 Å². The predicted molar refractivity (Wildman–Crippen MR) is 102 cm³/mol. The summed E-state index contributed by atoms with van der Waals surface area (Å²) in [5, 5.41) is 11.5. The first-order valence-electron chi connectivity index (χ1n) is 8.26. The molecular formula is C17H19Cl3N4O. The van der Waals surface area contributed by atoms with Crippen LogP contribution in [0.15, 0.2) is 24.4 Å². The molecule has 0 aliphatic heterocycles. The minimum atomic E-state index is -0.283. The van der Waals surface area contributed by atoms with E-state index < -0.39 is 0 Å². The average molecular weight is 402 g/mol. The average Bonchev–Trinajstić information content (AvgIpc) is 2.91. The van der Waals surface area contributed by atoms with Gasteiger partial charge in [0.05, 0.1) is 6.54 Å². The molecule has 0 radical (unpaired) electrons. The predicted octanol–water partition coefficient (Wildman–Crippen LogP) is 5.35. The zero-order valence-electron chi connectivity index (χ0n) is 13.6. The molecule has 8 heteroatoms. The molecule has 1 aromatic heterocycles. The van der Waals surface area contributed by atoms with Crippen molar-refractivity contribution in [2.45, 2.75) is 44.7 Å². The van der Waals surface area contributed by atoms with E-state index in [9.17, 15) is 4.79 Å². The first-order chi connectivity index (χ1) is 12.0. The van der Waals surface area contributed by atoms with Crippen molar-refractivity contribution < 1.29 is 4.79 Å². The highest BCUT2D eigenvalue weighted by Gasteiger charge is 2.17. The Morgan fingerprint density at radius 1 is 1.12 bits per heavy atom. The Morgan fingerprint density at radius 3 is 2.48 bits per heavy atom. The number of hydrogen-bond donors (Lipinski definition) is 2. The van der Waals surface area contributed by atoms with Crippen molar-refractivity contribution in [2.24, 2.45) is 0 Å². The molecule has 0 spiro atoms. The fourth-order valence-electron chi connectivity index (χ4n) is 2.98. The van der Waals surface area contributed by atoms with Crippen molar-refractivity contribution in [2.75, 3.05) is 5.32 Å². The summed E-state index contributed by atoms with van der Waals surface area (Å²) < 4.78 is 1.60. The lowest BCUT2D eigenvalue weighted by molar-refractivity contribution is 0.244. The van der Waals surface area contributed by atoms with Gasteiger partial charge in [0.1, 0.15) is 5.02 Å². The summed E-state index contributed by atoms with van der Waals surface area (Å²) in [7, 11) is 0. The van der Waals surface area contributed by atoms with Gasteiger partial charge in [-0.2, -0.15) is 5.10 Å². The number of halogens is 3. The fraction of sp³-hybridized carbons (Fsp3) is 0.412. The maximum atomic E-state index is 12.1. The van der Waals surface area contributed by atoms with E-state index in [0.717, 1.165) is 31.2 Å². The largest absolute Gasteiger partial charge is 0.335 e. The van der Waals surface area contributed by atoms with Crippen LogP contribution < -0.4 is 10.6 Å². The second kappa shape index (κ2) is 8.30. The Hall–Kier alpha value is -1.43. The van der Waals surface area contributed by atoms with Crippen LogP contribution in [0, 0.1) is 0 Å². The Morgan fingerprint density at radius 2 is 1.80 bits per heavy atom. The van der Waals surface area contributed by atoms with Crippen LogP contribution in [0.1, 0.15) is 37.7 Å². The van der Waals surface area contributed by atoms with Gasteiger partial charge in [0.2, 0.25) is 0 Å². The molecule has 134 valence electrons. The molecule has 3 rings (SSSR count). The number of aromatic nitrogens is 2. The Balaban J connectivity index is 1.64. The molecule has 2 aromatic rings. The molecule has 5 nitrogen and oxygen atoms in total. The SMILES string of the molecule is O=C(Nc1nn(Cc2c(Cl)cccc2Cl)cc1Cl)NC1CCCCC1. The smallest absolute Gasteiger partial charge is 0.320 e. The van der Waals surface area contributed by atoms with E-state index in [-0.39, 0.29) is 12.1 Å². The van der Waals surface area contributed by atoms with Gasteiger partial charge in [0, 0.05) is 27.8 Å². The van der Waals surface area contributed by atoms with E-state index in [0.29, 0.717) is 27.4 Å². The summed E-state index contributed by atoms with van der Waals surface area (Å²) in [4.78, 5) is 12.1. The summed E-state index contributed by atoms with van der Waals surface area (Å²) >= 11 is 18.5. The summed E-state index contributed by atoms with van der Waals surface area (Å²) in [6.07, 6.45) is 7.21. The molecule has 1 aliphatic carbocycles. The summed E-state index contributed by atoms with van der Waals surface area (Å²) in [5.74, 6) is 0.318. The van der Waals surface area contributed by atoms with Gasteiger partial charge in [-0.1, -0.05) is 60.1 Å². The van der Waals surface area contributed by atoms with E-state index >= 15 is 0 Å². The number of rotatable bonds is 4. The highest BCUT2D eigenvalue weighted by atomic mass is 35.5. The molecule has 1 aromatic carbocycles. The van der Waals surface area contributed by atoms with Crippen LogP contribution in [-0.2, 0) is 6.54 Å². The highest BCUT2D eigenvalue weighted by Crippen LogP contribution is 2.27. The molecule has 25 heavy (non-hydrogen) atoms. The number of amides is 2. The second-order valence-corrected chi connectivity index (χ2v) is 7.38. The summed E-state index contributed by atoms with van der Waals surface area (Å²) in [6, 6.07) is 5.26. The topological polar surface area (TPSA) is 59.0 Å². The maximum Gasteiger partial charge on any atom is 0.320 e. The van der Waals surface area contributed by atoms with Crippen molar-refractivity contribution in [3.05, 3.63) is 45.0 Å². The van der Waals surface area contributed by atoms with Gasteiger partial charge in [-0.3, -0.25) is 10.00 Å². The Bertz CT molecular complexity index is 736. The minimum Gasteiger partial charge on any atom is -0.335 e. The number of nitrogens with one attached hydrogen (secondary N) is 2. The van der Waals surface area contributed by atoms with Crippen LogP contribution in [0.25, 0.3) is 0 Å². The second-order valence-electron chi connectivity index (χ2n) is 6.16. The molecule has 1 aliphatic rings. The van der Waals surface area contributed by atoms with Gasteiger partial charge in [-0.05, 0) is 25.0 Å². The van der Waals surface area contributed by atoms with E-state index in [2.05, 4.69) is 15.7 Å². The van der Waals surface area contributed by atoms with Crippen molar-refractivity contribution in [1.29, 1.82) is 0 Å². The van der Waals surface area contributed by atoms with E-state index in [1.807, 2.05) is 0 Å². The molecular weight excluding hydrogens is 383 g/mol. The molecule has 1 saturated carbocycles. The van der Waals surface area contributed by atoms with Crippen molar-refractivity contribution >= 4 is 46.7 Å². The number of nitrogens with zero attached hydrogens (tertiary/aromatic N) is 2. The van der Waals surface area contributed by atoms with Crippen LogP contribution >= 0.6 is 34.8 Å². The third-order valence-electron chi connectivity index (χ3n) is 4.27. The lowest BCUT2D eigenvalue weighted by Crippen LogP contribution is -2.39. The van der Waals surface area contributed by atoms with Crippen LogP contribution in [0.3, 0.4) is 0 Å². The molecule has 0 atom stereocenters. The first kappa shape index (κ1) is 18.4. The number of carbonyl (C=O) groups excluding carboxylic acids is 1. The van der Waals surface area contributed by atoms with Gasteiger partial charge in [-0.15, -0.1) is 0 Å². The van der Waals surface area contributed by atoms with Gasteiger partial charge < -0.3 is 5.32 Å². The van der Waals surface area contributed by atoms with Gasteiger partial charge in [-0.25, -0.2) is 4.79 Å². The lowest BCUT2D eigenvalue weighted by Gasteiger charge is -2.22. The number of anilines is 1. The molecule has 2 amide bonds. The molecule has 1 heterocycles.